The van der Waals surface area contributed by atoms with E-state index < -0.39 is 6.09 Å². The number of carbonyl (C=O) groups is 2. The van der Waals surface area contributed by atoms with Crippen molar-refractivity contribution in [1.29, 1.82) is 0 Å². The number of aromatic nitrogens is 3. The number of hydrogen-bond donors (Lipinski definition) is 1. The average molecular weight is 563 g/mol. The molecule has 2 saturated heterocycles. The van der Waals surface area contributed by atoms with Crippen molar-refractivity contribution in [2.75, 3.05) is 39.4 Å². The summed E-state index contributed by atoms with van der Waals surface area (Å²) in [4.78, 5) is 30.9. The summed E-state index contributed by atoms with van der Waals surface area (Å²) in [6.45, 7) is 8.24. The molecule has 11 nitrogen and oxygen atoms in total. The zero-order valence-electron chi connectivity index (χ0n) is 21.4. The van der Waals surface area contributed by atoms with Crippen molar-refractivity contribution < 1.29 is 23.6 Å². The molecule has 5 rings (SSSR count). The van der Waals surface area contributed by atoms with Crippen LogP contribution in [0.2, 0.25) is 4.34 Å². The molecule has 0 aromatic carbocycles. The maximum absolute atomic E-state index is 13.3. The highest BCUT2D eigenvalue weighted by atomic mass is 35.5. The second-order valence-electron chi connectivity index (χ2n) is 9.65. The SMILES string of the molecule is CC(C)N1CCC(NC(=O)Oc2cc(C(=O)N3CCOCC3)n(Cc3cc(-c4ccc(Cl)s4)on3)n2)CC1. The third-order valence-corrected chi connectivity index (χ3v) is 7.99. The fraction of sp³-hybridized carbons (Fsp3) is 0.520. The van der Waals surface area contributed by atoms with Crippen LogP contribution < -0.4 is 10.1 Å². The van der Waals surface area contributed by atoms with Crippen molar-refractivity contribution in [2.24, 2.45) is 0 Å². The lowest BCUT2D eigenvalue weighted by molar-refractivity contribution is 0.0295. The van der Waals surface area contributed by atoms with Crippen LogP contribution in [-0.2, 0) is 11.3 Å². The van der Waals surface area contributed by atoms with Crippen LogP contribution in [0.3, 0.4) is 0 Å². The van der Waals surface area contributed by atoms with Crippen molar-refractivity contribution in [1.82, 2.24) is 30.1 Å². The van der Waals surface area contributed by atoms with Gasteiger partial charge in [0.15, 0.2) is 5.76 Å². The van der Waals surface area contributed by atoms with Gasteiger partial charge in [0, 0.05) is 50.4 Å². The molecule has 204 valence electrons. The van der Waals surface area contributed by atoms with Gasteiger partial charge in [-0.2, -0.15) is 0 Å². The first-order chi connectivity index (χ1) is 18.4. The van der Waals surface area contributed by atoms with Gasteiger partial charge in [0.2, 0.25) is 5.88 Å². The monoisotopic (exact) mass is 562 g/mol. The van der Waals surface area contributed by atoms with Gasteiger partial charge in [-0.25, -0.2) is 9.48 Å². The highest BCUT2D eigenvalue weighted by Gasteiger charge is 2.27. The number of hydrogen-bond acceptors (Lipinski definition) is 9. The molecular weight excluding hydrogens is 532 g/mol. The minimum absolute atomic E-state index is 0.0355. The zero-order valence-corrected chi connectivity index (χ0v) is 23.0. The highest BCUT2D eigenvalue weighted by molar-refractivity contribution is 7.19. The lowest BCUT2D eigenvalue weighted by atomic mass is 10.0. The van der Waals surface area contributed by atoms with Gasteiger partial charge in [-0.3, -0.25) is 4.79 Å². The first-order valence-electron chi connectivity index (χ1n) is 12.7. The quantitative estimate of drug-likeness (QED) is 0.463. The standard InChI is InChI=1S/C25H31ClN6O5S/c1-16(2)30-7-5-17(6-8-30)27-25(34)36-23-14-19(24(33)31-9-11-35-12-10-31)32(28-23)15-18-13-20(37-29-18)21-3-4-22(26)38-21/h3-4,13-14,16-17H,5-12,15H2,1-2H3,(H,27,34). The van der Waals surface area contributed by atoms with Crippen LogP contribution >= 0.6 is 22.9 Å². The molecule has 38 heavy (non-hydrogen) atoms. The molecular formula is C25H31ClN6O5S. The molecule has 2 aliphatic rings. The maximum atomic E-state index is 13.3. The number of nitrogens with one attached hydrogen (secondary N) is 1. The second kappa shape index (κ2) is 11.9. The fourth-order valence-corrected chi connectivity index (χ4v) is 5.61. The van der Waals surface area contributed by atoms with Gasteiger partial charge in [-0.05, 0) is 38.8 Å². The van der Waals surface area contributed by atoms with E-state index in [4.69, 9.17) is 25.6 Å². The van der Waals surface area contributed by atoms with E-state index in [-0.39, 0.29) is 24.4 Å². The molecule has 0 aliphatic carbocycles. The van der Waals surface area contributed by atoms with Gasteiger partial charge in [0.25, 0.3) is 5.91 Å². The lowest BCUT2D eigenvalue weighted by Crippen LogP contribution is -2.47. The molecule has 0 bridgehead atoms. The molecule has 13 heteroatoms. The molecule has 0 unspecified atom stereocenters. The van der Waals surface area contributed by atoms with E-state index in [2.05, 4.69) is 34.3 Å². The largest absolute Gasteiger partial charge is 0.414 e. The van der Waals surface area contributed by atoms with Gasteiger partial charge >= 0.3 is 6.09 Å². The third-order valence-electron chi connectivity index (χ3n) is 6.74. The molecule has 1 N–H and O–H groups in total. The van der Waals surface area contributed by atoms with Crippen LogP contribution in [0.25, 0.3) is 10.6 Å². The first-order valence-corrected chi connectivity index (χ1v) is 13.9. The van der Waals surface area contributed by atoms with Crippen LogP contribution in [0.1, 0.15) is 42.9 Å². The number of halogens is 1. The van der Waals surface area contributed by atoms with E-state index >= 15 is 0 Å². The summed E-state index contributed by atoms with van der Waals surface area (Å²) in [6.07, 6.45) is 1.13. The first kappa shape index (κ1) is 26.7. The Morgan fingerprint density at radius 1 is 1.18 bits per heavy atom. The number of nitrogens with zero attached hydrogens (tertiary/aromatic N) is 5. The summed E-state index contributed by atoms with van der Waals surface area (Å²) < 4.78 is 18.5. The summed E-state index contributed by atoms with van der Waals surface area (Å²) in [7, 11) is 0. The topological polar surface area (TPSA) is 115 Å². The Labute approximate surface area is 229 Å². The predicted octanol–water partition coefficient (Wildman–Crippen LogP) is 3.73. The maximum Gasteiger partial charge on any atom is 0.414 e. The van der Waals surface area contributed by atoms with Crippen molar-refractivity contribution in [3.05, 3.63) is 40.0 Å². The molecule has 2 aliphatic heterocycles. The van der Waals surface area contributed by atoms with Crippen LogP contribution in [0.15, 0.2) is 28.8 Å². The lowest BCUT2D eigenvalue weighted by Gasteiger charge is -2.34. The Hall–Kier alpha value is -2.93. The normalized spacial score (nSPS) is 17.2. The van der Waals surface area contributed by atoms with Crippen molar-refractivity contribution in [2.45, 2.75) is 45.3 Å². The molecule has 0 spiro atoms. The number of rotatable bonds is 7. The summed E-state index contributed by atoms with van der Waals surface area (Å²) in [5.41, 5.74) is 0.861. The summed E-state index contributed by atoms with van der Waals surface area (Å²) in [5.74, 6) is 0.405. The highest BCUT2D eigenvalue weighted by Crippen LogP contribution is 2.31. The van der Waals surface area contributed by atoms with Crippen molar-refractivity contribution in [3.8, 4) is 16.5 Å². The second-order valence-corrected chi connectivity index (χ2v) is 11.4. The summed E-state index contributed by atoms with van der Waals surface area (Å²) in [6, 6.07) is 7.45. The van der Waals surface area contributed by atoms with E-state index in [0.717, 1.165) is 30.8 Å². The number of morpholine rings is 1. The number of likely N-dealkylation sites (tertiary alicyclic amines) is 1. The van der Waals surface area contributed by atoms with Crippen molar-refractivity contribution >= 4 is 34.9 Å². The van der Waals surface area contributed by atoms with E-state index in [0.29, 0.717) is 53.8 Å². The fourth-order valence-electron chi connectivity index (χ4n) is 4.62. The molecule has 0 radical (unpaired) electrons. The number of thiophene rings is 1. The molecule has 3 aromatic rings. The van der Waals surface area contributed by atoms with Crippen LogP contribution in [0, 0.1) is 0 Å². The molecule has 5 heterocycles. The van der Waals surface area contributed by atoms with E-state index in [9.17, 15) is 9.59 Å². The van der Waals surface area contributed by atoms with Gasteiger partial charge in [-0.1, -0.05) is 16.8 Å². The Bertz CT molecular complexity index is 1260. The molecule has 2 fully saturated rings. The molecule has 2 amide bonds. The van der Waals surface area contributed by atoms with Gasteiger partial charge < -0.3 is 29.1 Å². The summed E-state index contributed by atoms with van der Waals surface area (Å²) in [5, 5.41) is 11.5. The Morgan fingerprint density at radius 2 is 1.95 bits per heavy atom. The number of ether oxygens (including phenoxy) is 2. The zero-order chi connectivity index (χ0) is 26.6. The van der Waals surface area contributed by atoms with Crippen LogP contribution in [-0.4, -0.2) is 88.2 Å². The van der Waals surface area contributed by atoms with Crippen LogP contribution in [0.5, 0.6) is 5.88 Å². The average Bonchev–Trinajstić information content (AvgIpc) is 3.65. The third kappa shape index (κ3) is 6.37. The minimum atomic E-state index is -0.582. The van der Waals surface area contributed by atoms with E-state index in [1.807, 2.05) is 6.07 Å². The number of piperidine rings is 1. The number of amides is 2. The van der Waals surface area contributed by atoms with Gasteiger partial charge in [0.05, 0.1) is 29.0 Å². The Balaban J connectivity index is 1.29. The van der Waals surface area contributed by atoms with Crippen LogP contribution in [0.4, 0.5) is 4.79 Å². The smallest absolute Gasteiger partial charge is 0.390 e. The molecule has 0 atom stereocenters. The van der Waals surface area contributed by atoms with Crippen molar-refractivity contribution in [3.63, 3.8) is 0 Å². The van der Waals surface area contributed by atoms with Gasteiger partial charge in [-0.15, -0.1) is 16.4 Å². The predicted molar refractivity (Wildman–Crippen MR) is 142 cm³/mol. The van der Waals surface area contributed by atoms with Gasteiger partial charge in [0.1, 0.15) is 11.4 Å². The Kier molecular flexibility index (Phi) is 8.32. The minimum Gasteiger partial charge on any atom is -0.390 e. The number of carbonyl (C=O) groups excluding carboxylic acids is 2. The Morgan fingerprint density at radius 3 is 2.63 bits per heavy atom. The van der Waals surface area contributed by atoms with E-state index in [1.54, 1.807) is 17.0 Å². The molecule has 0 saturated carbocycles. The summed E-state index contributed by atoms with van der Waals surface area (Å²) >= 11 is 7.43. The molecule has 3 aromatic heterocycles. The van der Waals surface area contributed by atoms with E-state index in [1.165, 1.54) is 22.1 Å².